The van der Waals surface area contributed by atoms with Gasteiger partial charge in [-0.05, 0) is 51.0 Å². The summed E-state index contributed by atoms with van der Waals surface area (Å²) in [6.07, 6.45) is 28.0. The van der Waals surface area contributed by atoms with Gasteiger partial charge >= 0.3 is 0 Å². The van der Waals surface area contributed by atoms with Crippen LogP contribution in [0.15, 0.2) is 60.4 Å². The van der Waals surface area contributed by atoms with Gasteiger partial charge in [-0.1, -0.05) is 62.0 Å². The van der Waals surface area contributed by atoms with E-state index in [0.29, 0.717) is 19.3 Å². The maximum Gasteiger partial charge on any atom is 0.246 e. The van der Waals surface area contributed by atoms with E-state index in [0.717, 1.165) is 44.9 Å². The Labute approximate surface area is 158 Å². The average molecular weight is 359 g/mol. The molecule has 1 radical (unpaired) electrons. The zero-order chi connectivity index (χ0) is 19.3. The number of unbranched alkanes of at least 4 members (excludes halogenated alkanes) is 4. The molecule has 0 saturated heterocycles. The summed E-state index contributed by atoms with van der Waals surface area (Å²) in [5, 5.41) is 11.0. The van der Waals surface area contributed by atoms with E-state index in [1.165, 1.54) is 0 Å². The Morgan fingerprint density at radius 2 is 1.54 bits per heavy atom. The number of hydrogen-bond donors (Lipinski definition) is 0. The van der Waals surface area contributed by atoms with Gasteiger partial charge in [-0.3, -0.25) is 14.9 Å². The van der Waals surface area contributed by atoms with E-state index in [2.05, 4.69) is 31.2 Å². The third-order valence-corrected chi connectivity index (χ3v) is 3.65. The van der Waals surface area contributed by atoms with Crippen molar-refractivity contribution in [2.24, 2.45) is 0 Å². The van der Waals surface area contributed by atoms with Crippen LogP contribution in [0.2, 0.25) is 0 Å². The van der Waals surface area contributed by atoms with Gasteiger partial charge in [0.1, 0.15) is 0 Å². The fraction of sp³-hybridized carbons (Fsp3) is 0.500. The average Bonchev–Trinajstić information content (AvgIpc) is 2.63. The van der Waals surface area contributed by atoms with Crippen LogP contribution in [0, 0.1) is 10.1 Å². The van der Waals surface area contributed by atoms with Gasteiger partial charge in [-0.25, -0.2) is 0 Å². The number of rotatable bonds is 16. The van der Waals surface area contributed by atoms with Crippen molar-refractivity contribution in [3.05, 3.63) is 70.5 Å². The first-order valence-corrected chi connectivity index (χ1v) is 9.50. The lowest BCUT2D eigenvalue weighted by Crippen LogP contribution is -1.97. The van der Waals surface area contributed by atoms with Crippen molar-refractivity contribution in [1.82, 2.24) is 0 Å². The van der Waals surface area contributed by atoms with E-state index >= 15 is 0 Å². The normalized spacial score (nSPS) is 12.9. The van der Waals surface area contributed by atoms with Gasteiger partial charge in [0.15, 0.2) is 6.29 Å². The summed E-state index contributed by atoms with van der Waals surface area (Å²) in [7, 11) is 0. The minimum atomic E-state index is -0.303. The second kappa shape index (κ2) is 19.1. The molecule has 0 saturated carbocycles. The van der Waals surface area contributed by atoms with Crippen LogP contribution >= 0.6 is 0 Å². The molecule has 0 unspecified atom stereocenters. The van der Waals surface area contributed by atoms with Gasteiger partial charge in [0.05, 0.1) is 11.3 Å². The molecule has 0 aliphatic carbocycles. The maximum absolute atomic E-state index is 11.0. The molecular weight excluding hydrogens is 326 g/mol. The van der Waals surface area contributed by atoms with Gasteiger partial charge in [0.2, 0.25) is 5.70 Å². The van der Waals surface area contributed by atoms with Crippen LogP contribution in [0.25, 0.3) is 0 Å². The molecule has 0 aromatic rings. The first-order chi connectivity index (χ1) is 12.7. The van der Waals surface area contributed by atoms with Crippen molar-refractivity contribution in [2.75, 3.05) is 0 Å². The fourth-order valence-corrected chi connectivity index (χ4v) is 2.20. The molecule has 26 heavy (non-hydrogen) atoms. The summed E-state index contributed by atoms with van der Waals surface area (Å²) in [5.74, 6) is 0. The van der Waals surface area contributed by atoms with E-state index in [4.69, 9.17) is 0 Å². The summed E-state index contributed by atoms with van der Waals surface area (Å²) in [6.45, 7) is 2.08. The topological polar surface area (TPSA) is 60.2 Å². The molecule has 0 atom stereocenters. The first kappa shape index (κ1) is 23.8. The number of hydrogen-bond acceptors (Lipinski definition) is 3. The molecule has 0 heterocycles. The molecule has 0 amide bonds. The molecule has 0 N–H and O–H groups in total. The van der Waals surface area contributed by atoms with Crippen LogP contribution in [-0.4, -0.2) is 11.2 Å². The Balaban J connectivity index is 3.97. The molecule has 0 fully saturated rings. The minimum Gasteiger partial charge on any atom is -0.291 e. The van der Waals surface area contributed by atoms with Crippen molar-refractivity contribution in [1.29, 1.82) is 0 Å². The van der Waals surface area contributed by atoms with Gasteiger partial charge in [0, 0.05) is 6.42 Å². The summed E-state index contributed by atoms with van der Waals surface area (Å²) in [6, 6.07) is 0. The number of nitro groups is 1. The molecule has 143 valence electrons. The number of nitrogens with zero attached hydrogens (tertiary/aromatic N) is 1. The van der Waals surface area contributed by atoms with Gasteiger partial charge in [-0.15, -0.1) is 0 Å². The summed E-state index contributed by atoms with van der Waals surface area (Å²) in [5.41, 5.74) is 0.244. The van der Waals surface area contributed by atoms with Crippen LogP contribution < -0.4 is 0 Å². The molecule has 0 bridgehead atoms. The molecular formula is C22H32NO3. The van der Waals surface area contributed by atoms with E-state index in [-0.39, 0.29) is 10.6 Å². The lowest BCUT2D eigenvalue weighted by atomic mass is 10.1. The predicted molar refractivity (Wildman–Crippen MR) is 109 cm³/mol. The highest BCUT2D eigenvalue weighted by molar-refractivity contribution is 5.50. The van der Waals surface area contributed by atoms with Crippen molar-refractivity contribution in [3.8, 4) is 0 Å². The van der Waals surface area contributed by atoms with Gasteiger partial charge in [-0.2, -0.15) is 0 Å². The predicted octanol–water partition coefficient (Wildman–Crippen LogP) is 6.40. The van der Waals surface area contributed by atoms with Crippen LogP contribution in [0.3, 0.4) is 0 Å². The zero-order valence-electron chi connectivity index (χ0n) is 15.9. The first-order valence-electron chi connectivity index (χ1n) is 9.50. The standard InChI is InChI=1S/C22H32NO3/c1-2-3-4-5-13-16-19-22(23(25)26)20-17-14-11-9-7-6-8-10-12-15-18-21-24/h3-4,6-7,11,13-14,16,20H,2,5,8-10,12,15,17-19H2,1H3/b4-3+,7-6+,14-11+,16-13+,22-20-. The fourth-order valence-electron chi connectivity index (χ4n) is 2.20. The molecule has 0 rings (SSSR count). The molecule has 4 nitrogen and oxygen atoms in total. The van der Waals surface area contributed by atoms with Crippen LogP contribution in [0.4, 0.5) is 0 Å². The highest BCUT2D eigenvalue weighted by Gasteiger charge is 2.06. The maximum atomic E-state index is 11.0. The van der Waals surface area contributed by atoms with E-state index < -0.39 is 0 Å². The molecule has 0 aliphatic heterocycles. The second-order valence-electron chi connectivity index (χ2n) is 5.90. The Bertz CT molecular complexity index is 513. The quantitative estimate of drug-likeness (QED) is 0.139. The van der Waals surface area contributed by atoms with Crippen molar-refractivity contribution < 1.29 is 9.72 Å². The van der Waals surface area contributed by atoms with Crippen LogP contribution in [-0.2, 0) is 4.79 Å². The molecule has 0 aromatic heterocycles. The Morgan fingerprint density at radius 1 is 0.885 bits per heavy atom. The summed E-state index contributed by atoms with van der Waals surface area (Å²) in [4.78, 5) is 20.8. The monoisotopic (exact) mass is 358 g/mol. The summed E-state index contributed by atoms with van der Waals surface area (Å²) < 4.78 is 0. The van der Waals surface area contributed by atoms with Crippen molar-refractivity contribution in [3.63, 3.8) is 0 Å². The van der Waals surface area contributed by atoms with Crippen molar-refractivity contribution in [2.45, 2.75) is 71.1 Å². The molecule has 0 aromatic carbocycles. The van der Waals surface area contributed by atoms with E-state index in [1.54, 1.807) is 6.08 Å². The van der Waals surface area contributed by atoms with Crippen LogP contribution in [0.5, 0.6) is 0 Å². The highest BCUT2D eigenvalue weighted by atomic mass is 16.6. The van der Waals surface area contributed by atoms with Gasteiger partial charge < -0.3 is 0 Å². The summed E-state index contributed by atoms with van der Waals surface area (Å²) >= 11 is 0. The Morgan fingerprint density at radius 3 is 2.23 bits per heavy atom. The Hall–Kier alpha value is -2.23. The third kappa shape index (κ3) is 16.6. The smallest absolute Gasteiger partial charge is 0.246 e. The SMILES string of the molecule is CC/C=C/C/C=C/C/C(=C/C/C=C/C/C=C/CCCCC[C]=O)[N+](=O)[O-]. The highest BCUT2D eigenvalue weighted by Crippen LogP contribution is 2.07. The minimum absolute atomic E-state index is 0.244. The second-order valence-corrected chi connectivity index (χ2v) is 5.90. The number of carbonyl (C=O) groups excluding carboxylic acids is 1. The zero-order valence-corrected chi connectivity index (χ0v) is 15.9. The van der Waals surface area contributed by atoms with E-state index in [9.17, 15) is 14.9 Å². The third-order valence-electron chi connectivity index (χ3n) is 3.65. The van der Waals surface area contributed by atoms with Gasteiger partial charge in [0.25, 0.3) is 0 Å². The molecule has 4 heteroatoms. The number of allylic oxidation sites excluding steroid dienone is 9. The van der Waals surface area contributed by atoms with Crippen molar-refractivity contribution >= 4 is 6.29 Å². The lowest BCUT2D eigenvalue weighted by Gasteiger charge is -1.94. The largest absolute Gasteiger partial charge is 0.291 e. The molecule has 0 aliphatic rings. The van der Waals surface area contributed by atoms with Crippen LogP contribution in [0.1, 0.15) is 71.1 Å². The lowest BCUT2D eigenvalue weighted by molar-refractivity contribution is -0.427. The Kier molecular flexibility index (Phi) is 17.5. The molecule has 0 spiro atoms. The van der Waals surface area contributed by atoms with E-state index in [1.807, 2.05) is 30.6 Å².